The first-order valence-corrected chi connectivity index (χ1v) is 11.8. The number of nitrogens with one attached hydrogen (secondary N) is 1. The van der Waals surface area contributed by atoms with E-state index in [1.54, 1.807) is 45.2 Å². The van der Waals surface area contributed by atoms with Crippen LogP contribution in [0.2, 0.25) is 0 Å². The van der Waals surface area contributed by atoms with Gasteiger partial charge in [0.15, 0.2) is 9.84 Å². The monoisotopic (exact) mass is 411 g/mol. The Balaban J connectivity index is 2.36. The van der Waals surface area contributed by atoms with Gasteiger partial charge in [-0.1, -0.05) is 19.1 Å². The summed E-state index contributed by atoms with van der Waals surface area (Å²) in [6.45, 7) is 5.38. The molecule has 0 amide bonds. The molecule has 0 aromatic heterocycles. The van der Waals surface area contributed by atoms with Gasteiger partial charge in [0.05, 0.1) is 16.9 Å². The molecule has 1 N–H and O–H groups in total. The standard InChI is InChI=1S/C19H25NO5S2/c1-6-17(15-7-9-16(10-8-15)26(5,21)22)20-27(23,24)19-12-13(2)18(25-4)11-14(19)3/h7-12,17,20H,6H2,1-5H3/t17-/m1/s1. The van der Waals surface area contributed by atoms with E-state index in [1.165, 1.54) is 12.1 Å². The van der Waals surface area contributed by atoms with Crippen molar-refractivity contribution >= 4 is 19.9 Å². The summed E-state index contributed by atoms with van der Waals surface area (Å²) in [7, 11) is -5.51. The number of benzene rings is 2. The van der Waals surface area contributed by atoms with E-state index in [-0.39, 0.29) is 9.79 Å². The Kier molecular flexibility index (Phi) is 6.34. The molecule has 2 aromatic carbocycles. The second-order valence-electron chi connectivity index (χ2n) is 6.51. The average Bonchev–Trinajstić information content (AvgIpc) is 2.60. The van der Waals surface area contributed by atoms with Crippen molar-refractivity contribution in [2.24, 2.45) is 0 Å². The van der Waals surface area contributed by atoms with Crippen LogP contribution >= 0.6 is 0 Å². The van der Waals surface area contributed by atoms with Crippen LogP contribution in [0.3, 0.4) is 0 Å². The van der Waals surface area contributed by atoms with E-state index in [9.17, 15) is 16.8 Å². The highest BCUT2D eigenvalue weighted by atomic mass is 32.2. The number of sulfone groups is 1. The van der Waals surface area contributed by atoms with Crippen LogP contribution in [-0.2, 0) is 19.9 Å². The third kappa shape index (κ3) is 4.88. The van der Waals surface area contributed by atoms with Crippen molar-refractivity contribution in [1.29, 1.82) is 0 Å². The van der Waals surface area contributed by atoms with Crippen molar-refractivity contribution in [2.75, 3.05) is 13.4 Å². The highest BCUT2D eigenvalue weighted by Gasteiger charge is 2.23. The molecule has 0 radical (unpaired) electrons. The number of methoxy groups -OCH3 is 1. The van der Waals surface area contributed by atoms with E-state index in [0.717, 1.165) is 11.8 Å². The van der Waals surface area contributed by atoms with Gasteiger partial charge in [-0.05, 0) is 61.2 Å². The van der Waals surface area contributed by atoms with Gasteiger partial charge >= 0.3 is 0 Å². The SMILES string of the molecule is CC[C@@H](NS(=O)(=O)c1cc(C)c(OC)cc1C)c1ccc(S(C)(=O)=O)cc1. The van der Waals surface area contributed by atoms with Crippen LogP contribution in [0.5, 0.6) is 5.75 Å². The molecular weight excluding hydrogens is 386 g/mol. The van der Waals surface area contributed by atoms with Gasteiger partial charge in [-0.15, -0.1) is 0 Å². The first kappa shape index (κ1) is 21.4. The predicted molar refractivity (Wildman–Crippen MR) is 105 cm³/mol. The minimum absolute atomic E-state index is 0.200. The molecule has 0 spiro atoms. The number of aryl methyl sites for hydroxylation is 2. The molecule has 0 aliphatic rings. The number of ether oxygens (including phenoxy) is 1. The van der Waals surface area contributed by atoms with Crippen molar-refractivity contribution in [1.82, 2.24) is 4.72 Å². The van der Waals surface area contributed by atoms with E-state index in [4.69, 9.17) is 4.74 Å². The Bertz CT molecular complexity index is 1030. The summed E-state index contributed by atoms with van der Waals surface area (Å²) in [6, 6.07) is 9.08. The first-order valence-electron chi connectivity index (χ1n) is 8.47. The van der Waals surface area contributed by atoms with Crippen LogP contribution < -0.4 is 9.46 Å². The summed E-state index contributed by atoms with van der Waals surface area (Å²) in [5, 5.41) is 0. The largest absolute Gasteiger partial charge is 0.496 e. The number of sulfonamides is 1. The molecule has 0 aliphatic heterocycles. The van der Waals surface area contributed by atoms with Gasteiger partial charge in [0.25, 0.3) is 0 Å². The Labute approximate surface area is 161 Å². The number of rotatable bonds is 7. The molecule has 6 nitrogen and oxygen atoms in total. The number of hydrogen-bond acceptors (Lipinski definition) is 5. The first-order chi connectivity index (χ1) is 12.5. The van der Waals surface area contributed by atoms with Gasteiger partial charge in [0, 0.05) is 12.3 Å². The maximum atomic E-state index is 12.9. The van der Waals surface area contributed by atoms with Crippen LogP contribution in [0.4, 0.5) is 0 Å². The lowest BCUT2D eigenvalue weighted by Gasteiger charge is -2.19. The minimum atomic E-state index is -3.76. The Morgan fingerprint density at radius 2 is 1.59 bits per heavy atom. The van der Waals surface area contributed by atoms with E-state index in [2.05, 4.69) is 4.72 Å². The zero-order valence-corrected chi connectivity index (χ0v) is 17.7. The molecule has 148 valence electrons. The lowest BCUT2D eigenvalue weighted by molar-refractivity contribution is 0.411. The third-order valence-electron chi connectivity index (χ3n) is 4.40. The topological polar surface area (TPSA) is 89.5 Å². The maximum Gasteiger partial charge on any atom is 0.241 e. The summed E-state index contributed by atoms with van der Waals surface area (Å²) in [4.78, 5) is 0.401. The van der Waals surface area contributed by atoms with Crippen LogP contribution in [0, 0.1) is 13.8 Å². The maximum absolute atomic E-state index is 12.9. The molecule has 0 saturated heterocycles. The van der Waals surface area contributed by atoms with E-state index < -0.39 is 25.9 Å². The van der Waals surface area contributed by atoms with Crippen LogP contribution in [0.1, 0.15) is 36.1 Å². The summed E-state index contributed by atoms with van der Waals surface area (Å²) < 4.78 is 57.0. The van der Waals surface area contributed by atoms with Gasteiger partial charge in [0.1, 0.15) is 5.75 Å². The smallest absolute Gasteiger partial charge is 0.241 e. The normalized spacial score (nSPS) is 13.4. The third-order valence-corrected chi connectivity index (χ3v) is 7.14. The summed E-state index contributed by atoms with van der Waals surface area (Å²) >= 11 is 0. The highest BCUT2D eigenvalue weighted by molar-refractivity contribution is 7.90. The fourth-order valence-corrected chi connectivity index (χ4v) is 5.11. The molecule has 1 atom stereocenters. The molecule has 8 heteroatoms. The molecule has 0 unspecified atom stereocenters. The molecule has 0 fully saturated rings. The van der Waals surface area contributed by atoms with Gasteiger partial charge in [-0.2, -0.15) is 0 Å². The van der Waals surface area contributed by atoms with E-state index >= 15 is 0 Å². The molecule has 2 rings (SSSR count). The molecule has 0 bridgehead atoms. The van der Waals surface area contributed by atoms with Crippen molar-refractivity contribution in [3.05, 3.63) is 53.1 Å². The molecule has 2 aromatic rings. The van der Waals surface area contributed by atoms with Crippen LogP contribution in [0.15, 0.2) is 46.2 Å². The van der Waals surface area contributed by atoms with E-state index in [1.807, 2.05) is 6.92 Å². The summed E-state index contributed by atoms with van der Waals surface area (Å²) in [5.74, 6) is 0.634. The lowest BCUT2D eigenvalue weighted by atomic mass is 10.1. The highest BCUT2D eigenvalue weighted by Crippen LogP contribution is 2.28. The van der Waals surface area contributed by atoms with Crippen molar-refractivity contribution in [2.45, 2.75) is 43.0 Å². The molecule has 0 aliphatic carbocycles. The fraction of sp³-hybridized carbons (Fsp3) is 0.368. The van der Waals surface area contributed by atoms with Crippen LogP contribution in [-0.4, -0.2) is 30.2 Å². The fourth-order valence-electron chi connectivity index (χ4n) is 2.86. The van der Waals surface area contributed by atoms with Gasteiger partial charge in [0.2, 0.25) is 10.0 Å². The Morgan fingerprint density at radius 3 is 2.07 bits per heavy atom. The molecule has 0 saturated carbocycles. The number of hydrogen-bond donors (Lipinski definition) is 1. The second kappa shape index (κ2) is 8.00. The van der Waals surface area contributed by atoms with E-state index in [0.29, 0.717) is 23.3 Å². The second-order valence-corrected chi connectivity index (χ2v) is 10.2. The quantitative estimate of drug-likeness (QED) is 0.756. The van der Waals surface area contributed by atoms with Crippen molar-refractivity contribution in [3.8, 4) is 5.75 Å². The molecule has 27 heavy (non-hydrogen) atoms. The Morgan fingerprint density at radius 1 is 1.00 bits per heavy atom. The van der Waals surface area contributed by atoms with Crippen molar-refractivity contribution < 1.29 is 21.6 Å². The zero-order valence-electron chi connectivity index (χ0n) is 16.1. The summed E-state index contributed by atoms with van der Waals surface area (Å²) in [5.41, 5.74) is 2.03. The molecule has 0 heterocycles. The minimum Gasteiger partial charge on any atom is -0.496 e. The molecular formula is C19H25NO5S2. The van der Waals surface area contributed by atoms with Crippen molar-refractivity contribution in [3.63, 3.8) is 0 Å². The summed E-state index contributed by atoms with van der Waals surface area (Å²) in [6.07, 6.45) is 1.66. The Hall–Kier alpha value is -1.90. The lowest BCUT2D eigenvalue weighted by Crippen LogP contribution is -2.29. The average molecular weight is 412 g/mol. The predicted octanol–water partition coefficient (Wildman–Crippen LogP) is 3.15. The van der Waals surface area contributed by atoms with Crippen LogP contribution in [0.25, 0.3) is 0 Å². The zero-order chi connectivity index (χ0) is 20.4. The van der Waals surface area contributed by atoms with Gasteiger partial charge in [-0.25, -0.2) is 21.6 Å². The van der Waals surface area contributed by atoms with Gasteiger partial charge < -0.3 is 4.74 Å². The van der Waals surface area contributed by atoms with Gasteiger partial charge in [-0.3, -0.25) is 0 Å².